The van der Waals surface area contributed by atoms with E-state index in [1.807, 2.05) is 16.9 Å². The van der Waals surface area contributed by atoms with Gasteiger partial charge < -0.3 is 14.7 Å². The van der Waals surface area contributed by atoms with E-state index in [1.54, 1.807) is 36.1 Å². The van der Waals surface area contributed by atoms with Crippen molar-refractivity contribution in [2.75, 3.05) is 11.4 Å². The molecule has 42 heavy (non-hydrogen) atoms. The number of carbonyl (C=O) groups is 1. The van der Waals surface area contributed by atoms with Crippen molar-refractivity contribution >= 4 is 21.6 Å². The van der Waals surface area contributed by atoms with Crippen molar-refractivity contribution in [1.29, 1.82) is 0 Å². The van der Waals surface area contributed by atoms with E-state index >= 15 is 0 Å². The van der Waals surface area contributed by atoms with Gasteiger partial charge >= 0.3 is 22.1 Å². The minimum Gasteiger partial charge on any atom is -0.435 e. The number of halogens is 5. The molecule has 4 aliphatic carbocycles. The highest BCUT2D eigenvalue weighted by atomic mass is 32.2. The first-order chi connectivity index (χ1) is 19.5. The predicted octanol–water partition coefficient (Wildman–Crippen LogP) is 5.98. The number of sulfonamides is 1. The minimum atomic E-state index is -5.48. The number of benzene rings is 2. The molecule has 13 heteroatoms. The van der Waals surface area contributed by atoms with E-state index < -0.39 is 44.6 Å². The van der Waals surface area contributed by atoms with Crippen LogP contribution < -0.4 is 14.4 Å². The molecular formula is C29H33F5N2O5S. The van der Waals surface area contributed by atoms with E-state index in [1.165, 1.54) is 12.1 Å². The molecule has 4 aliphatic rings. The lowest BCUT2D eigenvalue weighted by Gasteiger charge is -2.55. The molecule has 0 unspecified atom stereocenters. The van der Waals surface area contributed by atoms with Crippen LogP contribution in [0.25, 0.3) is 11.1 Å². The summed E-state index contributed by atoms with van der Waals surface area (Å²) in [4.78, 5) is 15.5. The summed E-state index contributed by atoms with van der Waals surface area (Å²) in [6.07, 6.45) is 2.66. The number of rotatable bonds is 9. The SMILES string of the molecule is CC1(O)CC(C(=O)N(CC23CCC(NS(=O)(=O)C(F)(F)F)(CC2)CC3)c2cccc(-c3ccc(OC(F)F)cc3)c2)C1. The topological polar surface area (TPSA) is 95.9 Å². The van der Waals surface area contributed by atoms with E-state index in [2.05, 4.69) is 4.74 Å². The molecule has 230 valence electrons. The zero-order valence-electron chi connectivity index (χ0n) is 23.0. The number of aliphatic hydroxyl groups is 1. The van der Waals surface area contributed by atoms with Crippen molar-refractivity contribution in [3.8, 4) is 16.9 Å². The maximum absolute atomic E-state index is 13.8. The predicted molar refractivity (Wildman–Crippen MR) is 145 cm³/mol. The number of nitrogens with zero attached hydrogens (tertiary/aromatic N) is 1. The van der Waals surface area contributed by atoms with Crippen molar-refractivity contribution in [2.45, 2.75) is 81.6 Å². The second kappa shape index (κ2) is 10.7. The third-order valence-corrected chi connectivity index (χ3v) is 10.4. The third-order valence-electron chi connectivity index (χ3n) is 9.11. The number of fused-ring (bicyclic) bond motifs is 3. The normalized spacial score (nSPS) is 29.3. The van der Waals surface area contributed by atoms with Gasteiger partial charge in [0.2, 0.25) is 5.91 Å². The standard InChI is InChI=1S/C29H33F5N2O5S/c1-26(38)16-21(17-26)24(37)36(22-4-2-3-20(15-22)19-5-7-23(8-6-19)41-25(30)31)18-27-9-12-28(13-10-27,14-11-27)35-42(39,40)29(32,33)34/h2-8,15,21,25,35,38H,9-14,16-18H2,1H3. The number of hydrogen-bond donors (Lipinski definition) is 2. The van der Waals surface area contributed by atoms with Crippen LogP contribution in [-0.2, 0) is 14.8 Å². The molecule has 6 rings (SSSR count). The molecule has 1 amide bonds. The lowest BCUT2D eigenvalue weighted by atomic mass is 9.57. The second-order valence-corrected chi connectivity index (χ2v) is 14.0. The van der Waals surface area contributed by atoms with Crippen LogP contribution >= 0.6 is 0 Å². The van der Waals surface area contributed by atoms with Crippen LogP contribution in [0, 0.1) is 11.3 Å². The molecule has 4 saturated carbocycles. The number of hydrogen-bond acceptors (Lipinski definition) is 5. The molecule has 4 fully saturated rings. The summed E-state index contributed by atoms with van der Waals surface area (Å²) in [6, 6.07) is 13.3. The average molecular weight is 617 g/mol. The zero-order chi connectivity index (χ0) is 30.6. The fourth-order valence-electron chi connectivity index (χ4n) is 6.71. The highest BCUT2D eigenvalue weighted by Crippen LogP contribution is 2.54. The van der Waals surface area contributed by atoms with Gasteiger partial charge in [0.25, 0.3) is 0 Å². The average Bonchev–Trinajstić information content (AvgIpc) is 2.90. The molecule has 2 N–H and O–H groups in total. The maximum atomic E-state index is 13.8. The molecule has 2 aromatic rings. The molecule has 7 nitrogen and oxygen atoms in total. The van der Waals surface area contributed by atoms with Gasteiger partial charge in [-0.15, -0.1) is 0 Å². The third kappa shape index (κ3) is 6.28. The fraction of sp³-hybridized carbons (Fsp3) is 0.552. The zero-order valence-corrected chi connectivity index (χ0v) is 23.8. The molecule has 0 aromatic heterocycles. The summed E-state index contributed by atoms with van der Waals surface area (Å²) >= 11 is 0. The summed E-state index contributed by atoms with van der Waals surface area (Å²) in [5.41, 5.74) is -5.82. The quantitative estimate of drug-likeness (QED) is 0.338. The number of ether oxygens (including phenoxy) is 1. The van der Waals surface area contributed by atoms with E-state index in [0.717, 1.165) is 5.56 Å². The summed E-state index contributed by atoms with van der Waals surface area (Å²) in [7, 11) is -5.48. The van der Waals surface area contributed by atoms with Crippen molar-refractivity contribution in [2.24, 2.45) is 11.3 Å². The Bertz CT molecular complexity index is 1400. The Morgan fingerprint density at radius 2 is 1.62 bits per heavy atom. The maximum Gasteiger partial charge on any atom is 0.511 e. The number of alkyl halides is 5. The molecule has 0 saturated heterocycles. The second-order valence-electron chi connectivity index (χ2n) is 12.3. The van der Waals surface area contributed by atoms with Crippen LogP contribution in [0.5, 0.6) is 5.75 Å². The molecule has 0 atom stereocenters. The Balaban J connectivity index is 1.38. The lowest BCUT2D eigenvalue weighted by Crippen LogP contribution is -2.61. The molecule has 2 aromatic carbocycles. The first-order valence-corrected chi connectivity index (χ1v) is 15.3. The van der Waals surface area contributed by atoms with Crippen molar-refractivity contribution in [3.05, 3.63) is 48.5 Å². The summed E-state index contributed by atoms with van der Waals surface area (Å²) in [5, 5.41) is 10.3. The number of carbonyl (C=O) groups excluding carboxylic acids is 1. The highest BCUT2D eigenvalue weighted by Gasteiger charge is 2.56. The Labute approximate surface area is 241 Å². The first kappa shape index (κ1) is 30.7. The van der Waals surface area contributed by atoms with Gasteiger partial charge in [-0.2, -0.15) is 22.0 Å². The summed E-state index contributed by atoms with van der Waals surface area (Å²) < 4.78 is 94.4. The monoisotopic (exact) mass is 616 g/mol. The smallest absolute Gasteiger partial charge is 0.435 e. The van der Waals surface area contributed by atoms with Crippen molar-refractivity contribution < 1.29 is 45.0 Å². The van der Waals surface area contributed by atoms with E-state index in [-0.39, 0.29) is 30.9 Å². The van der Waals surface area contributed by atoms with Crippen LogP contribution in [0.15, 0.2) is 48.5 Å². The molecule has 0 radical (unpaired) electrons. The summed E-state index contributed by atoms with van der Waals surface area (Å²) in [5.74, 6) is -0.536. The minimum absolute atomic E-state index is 0.0149. The number of anilines is 1. The summed E-state index contributed by atoms with van der Waals surface area (Å²) in [6.45, 7) is -0.969. The van der Waals surface area contributed by atoms with Crippen LogP contribution in [0.4, 0.5) is 27.6 Å². The molecule has 0 aliphatic heterocycles. The highest BCUT2D eigenvalue weighted by molar-refractivity contribution is 7.90. The van der Waals surface area contributed by atoms with E-state index in [0.29, 0.717) is 49.9 Å². The number of nitrogens with one attached hydrogen (secondary N) is 1. The van der Waals surface area contributed by atoms with E-state index in [9.17, 15) is 40.3 Å². The molecule has 0 spiro atoms. The molecule has 0 heterocycles. The van der Waals surface area contributed by atoms with E-state index in [4.69, 9.17) is 0 Å². The van der Waals surface area contributed by atoms with Gasteiger partial charge in [-0.1, -0.05) is 24.3 Å². The van der Waals surface area contributed by atoms with Gasteiger partial charge in [0.15, 0.2) is 0 Å². The number of amides is 1. The fourth-order valence-corrected chi connectivity index (χ4v) is 7.70. The Morgan fingerprint density at radius 1 is 1.02 bits per heavy atom. The Morgan fingerprint density at radius 3 is 2.14 bits per heavy atom. The lowest BCUT2D eigenvalue weighted by molar-refractivity contribution is -0.137. The largest absolute Gasteiger partial charge is 0.511 e. The first-order valence-electron chi connectivity index (χ1n) is 13.8. The van der Waals surface area contributed by atoms with Gasteiger partial charge in [-0.3, -0.25) is 4.79 Å². The van der Waals surface area contributed by atoms with Gasteiger partial charge in [0.05, 0.1) is 5.60 Å². The van der Waals surface area contributed by atoms with Crippen LogP contribution in [0.2, 0.25) is 0 Å². The van der Waals surface area contributed by atoms with Gasteiger partial charge in [-0.25, -0.2) is 13.1 Å². The van der Waals surface area contributed by atoms with Crippen molar-refractivity contribution in [1.82, 2.24) is 4.72 Å². The Hall–Kier alpha value is -2.77. The Kier molecular flexibility index (Phi) is 7.85. The van der Waals surface area contributed by atoms with Crippen molar-refractivity contribution in [3.63, 3.8) is 0 Å². The van der Waals surface area contributed by atoms with Crippen LogP contribution in [0.1, 0.15) is 58.3 Å². The molecule has 2 bridgehead atoms. The van der Waals surface area contributed by atoms with Crippen LogP contribution in [0.3, 0.4) is 0 Å². The van der Waals surface area contributed by atoms with Crippen LogP contribution in [-0.4, -0.2) is 49.2 Å². The molecular weight excluding hydrogens is 583 g/mol. The van der Waals surface area contributed by atoms with Gasteiger partial charge in [-0.05, 0) is 99.1 Å². The van der Waals surface area contributed by atoms with Gasteiger partial charge in [0, 0.05) is 23.7 Å². The van der Waals surface area contributed by atoms with Gasteiger partial charge in [0.1, 0.15) is 5.75 Å².